The Kier molecular flexibility index (Phi) is 8.85. The van der Waals surface area contributed by atoms with Gasteiger partial charge in [0.2, 0.25) is 0 Å². The summed E-state index contributed by atoms with van der Waals surface area (Å²) in [4.78, 5) is 26.3. The first kappa shape index (κ1) is 22.3. The second kappa shape index (κ2) is 11.1. The molecule has 0 fully saturated rings. The van der Waals surface area contributed by atoms with Gasteiger partial charge in [-0.05, 0) is 38.1 Å². The van der Waals surface area contributed by atoms with Crippen molar-refractivity contribution in [1.29, 1.82) is 0 Å². The summed E-state index contributed by atoms with van der Waals surface area (Å²) in [6.45, 7) is 3.57. The molecule has 0 aliphatic rings. The van der Waals surface area contributed by atoms with Crippen molar-refractivity contribution in [2.75, 3.05) is 13.1 Å². The van der Waals surface area contributed by atoms with Gasteiger partial charge in [0.05, 0.1) is 23.3 Å². The maximum Gasteiger partial charge on any atom is 0.252 e. The van der Waals surface area contributed by atoms with Crippen molar-refractivity contribution in [1.82, 2.24) is 10.6 Å². The van der Waals surface area contributed by atoms with Crippen molar-refractivity contribution >= 4 is 33.4 Å². The molecule has 0 bridgehead atoms. The van der Waals surface area contributed by atoms with Crippen LogP contribution in [0.15, 0.2) is 58.3 Å². The van der Waals surface area contributed by atoms with E-state index in [1.54, 1.807) is 38.1 Å². The first-order chi connectivity index (χ1) is 13.4. The minimum absolute atomic E-state index is 0.178. The highest BCUT2D eigenvalue weighted by atomic mass is 33.1. The highest BCUT2D eigenvalue weighted by molar-refractivity contribution is 8.76. The fraction of sp³-hybridized carbons (Fsp3) is 0.300. The van der Waals surface area contributed by atoms with Gasteiger partial charge >= 0.3 is 0 Å². The first-order valence-corrected chi connectivity index (χ1v) is 11.0. The molecule has 0 radical (unpaired) electrons. The number of hydrogen-bond acceptors (Lipinski definition) is 6. The number of amides is 2. The first-order valence-electron chi connectivity index (χ1n) is 8.83. The normalized spacial score (nSPS) is 12.9. The van der Waals surface area contributed by atoms with Gasteiger partial charge in [0.15, 0.2) is 0 Å². The van der Waals surface area contributed by atoms with E-state index in [9.17, 15) is 19.8 Å². The van der Waals surface area contributed by atoms with Crippen LogP contribution in [0.5, 0.6) is 0 Å². The summed E-state index contributed by atoms with van der Waals surface area (Å²) in [7, 11) is 2.77. The Morgan fingerprint density at radius 1 is 0.786 bits per heavy atom. The van der Waals surface area contributed by atoms with E-state index in [0.717, 1.165) is 9.79 Å². The molecule has 150 valence electrons. The molecule has 0 saturated carbocycles. The second-order valence-corrected chi connectivity index (χ2v) is 8.49. The highest BCUT2D eigenvalue weighted by Crippen LogP contribution is 2.40. The van der Waals surface area contributed by atoms with Crippen LogP contribution < -0.4 is 10.6 Å². The van der Waals surface area contributed by atoms with E-state index < -0.39 is 12.2 Å². The minimum atomic E-state index is -0.620. The molecule has 28 heavy (non-hydrogen) atoms. The van der Waals surface area contributed by atoms with Gasteiger partial charge < -0.3 is 20.8 Å². The summed E-state index contributed by atoms with van der Waals surface area (Å²) in [6.07, 6.45) is -1.24. The van der Waals surface area contributed by atoms with Gasteiger partial charge in [0.1, 0.15) is 0 Å². The third-order valence-electron chi connectivity index (χ3n) is 3.60. The Hall–Kier alpha value is -2.00. The van der Waals surface area contributed by atoms with Crippen LogP contribution in [-0.2, 0) is 0 Å². The Morgan fingerprint density at radius 2 is 1.14 bits per heavy atom. The van der Waals surface area contributed by atoms with Crippen molar-refractivity contribution < 1.29 is 19.8 Å². The smallest absolute Gasteiger partial charge is 0.252 e. The van der Waals surface area contributed by atoms with Crippen molar-refractivity contribution in [3.8, 4) is 0 Å². The SMILES string of the molecule is C[C@H](O)CNC(=O)c1ccccc1SSc1ccccc1C(=O)NC[C@@H](C)O. The monoisotopic (exact) mass is 420 g/mol. The van der Waals surface area contributed by atoms with Gasteiger partial charge in [-0.3, -0.25) is 9.59 Å². The Balaban J connectivity index is 2.11. The van der Waals surface area contributed by atoms with Crippen molar-refractivity contribution in [2.24, 2.45) is 0 Å². The standard InChI is InChI=1S/C20H24N2O4S2/c1-13(23)11-21-19(25)15-7-3-5-9-17(15)27-28-18-10-6-4-8-16(18)20(26)22-12-14(2)24/h3-10,13-14,23-24H,11-12H2,1-2H3,(H,21,25)(H,22,26)/t13-,14+. The zero-order chi connectivity index (χ0) is 20.5. The van der Waals surface area contributed by atoms with Crippen LogP contribution in [0.3, 0.4) is 0 Å². The molecular weight excluding hydrogens is 396 g/mol. The molecule has 4 N–H and O–H groups in total. The van der Waals surface area contributed by atoms with Crippen LogP contribution in [-0.4, -0.2) is 47.3 Å². The van der Waals surface area contributed by atoms with Crippen molar-refractivity contribution in [2.45, 2.75) is 35.8 Å². The molecule has 2 rings (SSSR count). The fourth-order valence-corrected chi connectivity index (χ4v) is 4.57. The van der Waals surface area contributed by atoms with E-state index in [0.29, 0.717) is 11.1 Å². The molecule has 2 atom stereocenters. The van der Waals surface area contributed by atoms with Gasteiger partial charge in [-0.25, -0.2) is 0 Å². The molecule has 0 spiro atoms. The lowest BCUT2D eigenvalue weighted by molar-refractivity contribution is 0.0915. The maximum atomic E-state index is 12.4. The molecule has 6 nitrogen and oxygen atoms in total. The summed E-state index contributed by atoms with van der Waals surface area (Å²) >= 11 is 0. The summed E-state index contributed by atoms with van der Waals surface area (Å²) in [5.41, 5.74) is 1.02. The molecule has 2 aromatic carbocycles. The largest absolute Gasteiger partial charge is 0.392 e. The number of aliphatic hydroxyl groups is 2. The Labute approximate surface area is 172 Å². The van der Waals surface area contributed by atoms with Gasteiger partial charge in [-0.1, -0.05) is 45.9 Å². The van der Waals surface area contributed by atoms with Crippen LogP contribution in [0.1, 0.15) is 34.6 Å². The Morgan fingerprint density at radius 3 is 1.50 bits per heavy atom. The molecule has 8 heteroatoms. The molecule has 0 aliphatic heterocycles. The third kappa shape index (κ3) is 6.87. The summed E-state index contributed by atoms with van der Waals surface area (Å²) in [6, 6.07) is 14.4. The molecule has 0 aromatic heterocycles. The summed E-state index contributed by atoms with van der Waals surface area (Å²) in [5.74, 6) is -0.514. The molecular formula is C20H24N2O4S2. The zero-order valence-electron chi connectivity index (χ0n) is 15.7. The summed E-state index contributed by atoms with van der Waals surface area (Å²) < 4.78 is 0. The average molecular weight is 421 g/mol. The van der Waals surface area contributed by atoms with Gasteiger partial charge in [0, 0.05) is 22.9 Å². The fourth-order valence-electron chi connectivity index (χ4n) is 2.21. The number of carbonyl (C=O) groups excluding carboxylic acids is 2. The van der Waals surface area contributed by atoms with E-state index >= 15 is 0 Å². The quantitative estimate of drug-likeness (QED) is 0.466. The van der Waals surface area contributed by atoms with Crippen molar-refractivity contribution in [3.05, 3.63) is 59.7 Å². The van der Waals surface area contributed by atoms with Gasteiger partial charge in [0.25, 0.3) is 11.8 Å². The molecule has 0 aliphatic carbocycles. The number of carbonyl (C=O) groups is 2. The third-order valence-corrected chi connectivity index (χ3v) is 6.08. The highest BCUT2D eigenvalue weighted by Gasteiger charge is 2.15. The minimum Gasteiger partial charge on any atom is -0.392 e. The van der Waals surface area contributed by atoms with E-state index in [-0.39, 0.29) is 24.9 Å². The maximum absolute atomic E-state index is 12.4. The molecule has 0 unspecified atom stereocenters. The molecule has 0 saturated heterocycles. The lowest BCUT2D eigenvalue weighted by Gasteiger charge is -2.12. The number of hydrogen-bond donors (Lipinski definition) is 4. The van der Waals surface area contributed by atoms with Crippen LogP contribution in [0, 0.1) is 0 Å². The van der Waals surface area contributed by atoms with E-state index in [1.165, 1.54) is 21.6 Å². The van der Waals surface area contributed by atoms with Crippen LogP contribution in [0.4, 0.5) is 0 Å². The zero-order valence-corrected chi connectivity index (χ0v) is 17.3. The number of rotatable bonds is 9. The predicted octanol–water partition coefficient (Wildman–Crippen LogP) is 2.71. The van der Waals surface area contributed by atoms with E-state index in [4.69, 9.17) is 0 Å². The van der Waals surface area contributed by atoms with Crippen LogP contribution >= 0.6 is 21.6 Å². The topological polar surface area (TPSA) is 98.7 Å². The van der Waals surface area contributed by atoms with Crippen molar-refractivity contribution in [3.63, 3.8) is 0 Å². The van der Waals surface area contributed by atoms with E-state index in [2.05, 4.69) is 10.6 Å². The lowest BCUT2D eigenvalue weighted by Crippen LogP contribution is -2.30. The molecule has 0 heterocycles. The Bertz CT molecular complexity index is 745. The summed E-state index contributed by atoms with van der Waals surface area (Å²) in [5, 5.41) is 24.1. The van der Waals surface area contributed by atoms with Gasteiger partial charge in [-0.2, -0.15) is 0 Å². The molecule has 2 amide bonds. The number of aliphatic hydroxyl groups excluding tert-OH is 2. The van der Waals surface area contributed by atoms with E-state index in [1.807, 2.05) is 24.3 Å². The predicted molar refractivity (Wildman–Crippen MR) is 113 cm³/mol. The van der Waals surface area contributed by atoms with Crippen LogP contribution in [0.2, 0.25) is 0 Å². The average Bonchev–Trinajstić information content (AvgIpc) is 2.69. The lowest BCUT2D eigenvalue weighted by atomic mass is 10.2. The number of nitrogens with one attached hydrogen (secondary N) is 2. The second-order valence-electron chi connectivity index (χ2n) is 6.28. The van der Waals surface area contributed by atoms with Crippen LogP contribution in [0.25, 0.3) is 0 Å². The molecule has 2 aromatic rings. The van der Waals surface area contributed by atoms with Gasteiger partial charge in [-0.15, -0.1) is 0 Å². The number of benzene rings is 2.